The molecule has 1 amide bonds. The molecule has 2 aliphatic rings. The normalized spacial score (nSPS) is 33.7. The van der Waals surface area contributed by atoms with Crippen molar-refractivity contribution < 1.29 is 4.79 Å². The second-order valence-corrected chi connectivity index (χ2v) is 6.74. The molecule has 2 fully saturated rings. The summed E-state index contributed by atoms with van der Waals surface area (Å²) in [6, 6.07) is 0.0661. The van der Waals surface area contributed by atoms with Crippen LogP contribution in [0.2, 0.25) is 0 Å². The molecule has 2 unspecified atom stereocenters. The first-order valence-electron chi connectivity index (χ1n) is 8.14. The molecule has 19 heavy (non-hydrogen) atoms. The van der Waals surface area contributed by atoms with Gasteiger partial charge in [-0.2, -0.15) is 0 Å². The van der Waals surface area contributed by atoms with Crippen LogP contribution in [0.15, 0.2) is 0 Å². The second kappa shape index (κ2) is 6.74. The van der Waals surface area contributed by atoms with Crippen molar-refractivity contribution in [3.05, 3.63) is 0 Å². The molecule has 3 nitrogen and oxygen atoms in total. The van der Waals surface area contributed by atoms with Gasteiger partial charge in [0.15, 0.2) is 0 Å². The van der Waals surface area contributed by atoms with Crippen molar-refractivity contribution in [2.24, 2.45) is 17.8 Å². The van der Waals surface area contributed by atoms with Gasteiger partial charge in [-0.3, -0.25) is 10.1 Å². The molecule has 0 radical (unpaired) electrons. The van der Waals surface area contributed by atoms with Gasteiger partial charge in [0.25, 0.3) is 0 Å². The Kier molecular flexibility index (Phi) is 5.26. The molecular formula is C16H30N2O. The van der Waals surface area contributed by atoms with Crippen LogP contribution in [0.25, 0.3) is 0 Å². The zero-order valence-electron chi connectivity index (χ0n) is 12.8. The Morgan fingerprint density at radius 3 is 2.63 bits per heavy atom. The van der Waals surface area contributed by atoms with Gasteiger partial charge in [-0.15, -0.1) is 0 Å². The monoisotopic (exact) mass is 266 g/mol. The Hall–Kier alpha value is -0.570. The molecular weight excluding hydrogens is 236 g/mol. The number of hydrogen-bond acceptors (Lipinski definition) is 2. The van der Waals surface area contributed by atoms with Crippen molar-refractivity contribution >= 4 is 5.91 Å². The van der Waals surface area contributed by atoms with E-state index >= 15 is 0 Å². The lowest BCUT2D eigenvalue weighted by Gasteiger charge is -2.27. The highest BCUT2D eigenvalue weighted by atomic mass is 16.2. The van der Waals surface area contributed by atoms with E-state index in [0.717, 1.165) is 31.5 Å². The van der Waals surface area contributed by atoms with Gasteiger partial charge in [0, 0.05) is 6.54 Å². The molecule has 0 aromatic carbocycles. The number of nitrogens with one attached hydrogen (secondary N) is 1. The highest BCUT2D eigenvalue weighted by Gasteiger charge is 2.34. The van der Waals surface area contributed by atoms with Crippen LogP contribution in [0, 0.1) is 17.8 Å². The van der Waals surface area contributed by atoms with Crippen LogP contribution in [-0.4, -0.2) is 30.1 Å². The Bertz CT molecular complexity index is 297. The van der Waals surface area contributed by atoms with Crippen molar-refractivity contribution in [3.63, 3.8) is 0 Å². The summed E-state index contributed by atoms with van der Waals surface area (Å²) in [6.07, 6.45) is 7.76. The number of nitrogens with zero attached hydrogens (tertiary/aromatic N) is 1. The van der Waals surface area contributed by atoms with E-state index in [0.29, 0.717) is 11.8 Å². The van der Waals surface area contributed by atoms with Crippen molar-refractivity contribution in [2.45, 2.75) is 65.3 Å². The molecule has 0 bridgehead atoms. The molecule has 1 heterocycles. The maximum absolute atomic E-state index is 12.3. The SMILES string of the molecule is CCC(C)C1NCN(CCC2CCC(C)CC2)C1=O. The molecule has 0 aromatic rings. The Labute approximate surface area is 118 Å². The summed E-state index contributed by atoms with van der Waals surface area (Å²) in [5, 5.41) is 3.38. The molecule has 1 aliphatic heterocycles. The minimum atomic E-state index is 0.0661. The fourth-order valence-electron chi connectivity index (χ4n) is 3.40. The molecule has 110 valence electrons. The highest BCUT2D eigenvalue weighted by Crippen LogP contribution is 2.30. The van der Waals surface area contributed by atoms with Gasteiger partial charge >= 0.3 is 0 Å². The molecule has 1 saturated carbocycles. The number of carbonyl (C=O) groups is 1. The third kappa shape index (κ3) is 3.71. The first-order chi connectivity index (χ1) is 9.11. The first kappa shape index (κ1) is 14.8. The van der Waals surface area contributed by atoms with Crippen LogP contribution < -0.4 is 5.32 Å². The summed E-state index contributed by atoms with van der Waals surface area (Å²) >= 11 is 0. The zero-order chi connectivity index (χ0) is 13.8. The quantitative estimate of drug-likeness (QED) is 0.829. The van der Waals surface area contributed by atoms with E-state index < -0.39 is 0 Å². The van der Waals surface area contributed by atoms with Crippen molar-refractivity contribution in [2.75, 3.05) is 13.2 Å². The van der Waals surface area contributed by atoms with Gasteiger partial charge in [0.05, 0.1) is 12.7 Å². The van der Waals surface area contributed by atoms with Crippen LogP contribution in [0.4, 0.5) is 0 Å². The molecule has 0 aromatic heterocycles. The largest absolute Gasteiger partial charge is 0.329 e. The molecule has 1 saturated heterocycles. The maximum atomic E-state index is 12.3. The maximum Gasteiger partial charge on any atom is 0.241 e. The molecule has 1 aliphatic carbocycles. The Morgan fingerprint density at radius 1 is 1.32 bits per heavy atom. The summed E-state index contributed by atoms with van der Waals surface area (Å²) in [4.78, 5) is 14.3. The van der Waals surface area contributed by atoms with E-state index in [9.17, 15) is 4.79 Å². The highest BCUT2D eigenvalue weighted by molar-refractivity contribution is 5.84. The van der Waals surface area contributed by atoms with Crippen molar-refractivity contribution in [3.8, 4) is 0 Å². The molecule has 2 atom stereocenters. The van der Waals surface area contributed by atoms with E-state index in [1.807, 2.05) is 4.90 Å². The first-order valence-corrected chi connectivity index (χ1v) is 8.14. The summed E-state index contributed by atoms with van der Waals surface area (Å²) < 4.78 is 0. The predicted molar refractivity (Wildman–Crippen MR) is 78.7 cm³/mol. The van der Waals surface area contributed by atoms with Crippen molar-refractivity contribution in [1.29, 1.82) is 0 Å². The lowest BCUT2D eigenvalue weighted by atomic mass is 9.81. The number of rotatable bonds is 5. The van der Waals surface area contributed by atoms with Crippen LogP contribution in [0.1, 0.15) is 59.3 Å². The lowest BCUT2D eigenvalue weighted by molar-refractivity contribution is -0.130. The van der Waals surface area contributed by atoms with Gasteiger partial charge in [0.2, 0.25) is 5.91 Å². The molecule has 1 N–H and O–H groups in total. The predicted octanol–water partition coefficient (Wildman–Crippen LogP) is 3.01. The standard InChI is InChI=1S/C16H30N2O/c1-4-13(3)15-16(19)18(11-17-15)10-9-14-7-5-12(2)6-8-14/h12-15,17H,4-11H2,1-3H3. The fraction of sp³-hybridized carbons (Fsp3) is 0.938. The third-order valence-corrected chi connectivity index (χ3v) is 5.24. The third-order valence-electron chi connectivity index (χ3n) is 5.24. The molecule has 0 spiro atoms. The van der Waals surface area contributed by atoms with Gasteiger partial charge < -0.3 is 4.90 Å². The summed E-state index contributed by atoms with van der Waals surface area (Å²) in [5.74, 6) is 2.55. The Morgan fingerprint density at radius 2 is 2.00 bits per heavy atom. The smallest absolute Gasteiger partial charge is 0.241 e. The summed E-state index contributed by atoms with van der Waals surface area (Å²) in [6.45, 7) is 8.41. The summed E-state index contributed by atoms with van der Waals surface area (Å²) in [5.41, 5.74) is 0. The van der Waals surface area contributed by atoms with Gasteiger partial charge in [-0.1, -0.05) is 52.9 Å². The average Bonchev–Trinajstić information content (AvgIpc) is 2.79. The van der Waals surface area contributed by atoms with E-state index in [-0.39, 0.29) is 6.04 Å². The van der Waals surface area contributed by atoms with E-state index in [2.05, 4.69) is 26.1 Å². The second-order valence-electron chi connectivity index (χ2n) is 6.74. The average molecular weight is 266 g/mol. The minimum Gasteiger partial charge on any atom is -0.329 e. The van der Waals surface area contributed by atoms with Gasteiger partial charge in [-0.05, 0) is 24.2 Å². The summed E-state index contributed by atoms with van der Waals surface area (Å²) in [7, 11) is 0. The van der Waals surface area contributed by atoms with E-state index in [4.69, 9.17) is 0 Å². The molecule has 3 heteroatoms. The number of carbonyl (C=O) groups excluding carboxylic acids is 1. The number of hydrogen-bond donors (Lipinski definition) is 1. The topological polar surface area (TPSA) is 32.3 Å². The number of amides is 1. The Balaban J connectivity index is 1.74. The van der Waals surface area contributed by atoms with Crippen LogP contribution in [-0.2, 0) is 4.79 Å². The van der Waals surface area contributed by atoms with E-state index in [1.165, 1.54) is 32.1 Å². The van der Waals surface area contributed by atoms with Crippen LogP contribution in [0.3, 0.4) is 0 Å². The van der Waals surface area contributed by atoms with E-state index in [1.54, 1.807) is 0 Å². The zero-order valence-corrected chi connectivity index (χ0v) is 12.8. The van der Waals surface area contributed by atoms with Crippen molar-refractivity contribution in [1.82, 2.24) is 10.2 Å². The molecule has 2 rings (SSSR count). The van der Waals surface area contributed by atoms with Crippen LogP contribution >= 0.6 is 0 Å². The lowest BCUT2D eigenvalue weighted by Crippen LogP contribution is -2.36. The minimum absolute atomic E-state index is 0.0661. The van der Waals surface area contributed by atoms with Gasteiger partial charge in [-0.25, -0.2) is 0 Å². The van der Waals surface area contributed by atoms with Gasteiger partial charge in [0.1, 0.15) is 0 Å². The fourth-order valence-corrected chi connectivity index (χ4v) is 3.40. The van der Waals surface area contributed by atoms with Crippen LogP contribution in [0.5, 0.6) is 0 Å².